The van der Waals surface area contributed by atoms with Crippen LogP contribution in [-0.4, -0.2) is 12.6 Å². The van der Waals surface area contributed by atoms with Crippen LogP contribution in [0.5, 0.6) is 0 Å². The Kier molecular flexibility index (Phi) is 2.13. The topological polar surface area (TPSA) is 26.3 Å². The Morgan fingerprint density at radius 3 is 0.797 bits per heavy atom. The van der Waals surface area contributed by atoms with Crippen molar-refractivity contribution in [3.05, 3.63) is 33.9 Å². The number of rotatable bonds is 2. The number of allylic oxidation sites excluding steroid dienone is 1. The second-order valence-corrected chi connectivity index (χ2v) is 25.4. The number of hydrogen-bond acceptors (Lipinski definition) is 2. The van der Waals surface area contributed by atoms with E-state index in [2.05, 4.69) is 13.0 Å². The third-order valence-electron chi connectivity index (χ3n) is 25.4. The third-order valence-corrected chi connectivity index (χ3v) is 25.4. The van der Waals surface area contributed by atoms with Gasteiger partial charge in [-0.05, 0) is 326 Å². The number of carbonyl (C=O) groups is 1. The molecule has 69 heavy (non-hydrogen) atoms. The van der Waals surface area contributed by atoms with Gasteiger partial charge in [0, 0.05) is 11.0 Å². The van der Waals surface area contributed by atoms with Gasteiger partial charge in [-0.1, -0.05) is 13.0 Å². The van der Waals surface area contributed by atoms with Gasteiger partial charge in [-0.2, -0.15) is 0 Å². The lowest BCUT2D eigenvalue weighted by Gasteiger charge is -2.51. The Morgan fingerprint density at radius 2 is 0.507 bits per heavy atom. The van der Waals surface area contributed by atoms with E-state index in [1.807, 2.05) is 6.92 Å². The fourth-order valence-electron chi connectivity index (χ4n) is 25.5. The van der Waals surface area contributed by atoms with Gasteiger partial charge in [0.05, 0.1) is 12.0 Å². The van der Waals surface area contributed by atoms with Crippen molar-refractivity contribution < 1.29 is 9.53 Å². The van der Waals surface area contributed by atoms with Crippen molar-refractivity contribution in [2.75, 3.05) is 6.61 Å². The first-order valence-corrected chi connectivity index (χ1v) is 25.9. The summed E-state index contributed by atoms with van der Waals surface area (Å²) in [6, 6.07) is 0. The van der Waals surface area contributed by atoms with Gasteiger partial charge in [0.15, 0.2) is 0 Å². The van der Waals surface area contributed by atoms with Crippen LogP contribution in [0.3, 0.4) is 0 Å². The van der Waals surface area contributed by atoms with Gasteiger partial charge in [0.1, 0.15) is 0 Å². The van der Waals surface area contributed by atoms with Crippen molar-refractivity contribution in [1.29, 1.82) is 0 Å². The highest BCUT2D eigenvalue weighted by molar-refractivity contribution is 6.82. The molecule has 0 radical (unpaired) electrons. The molecule has 5 aliphatic rings. The molecule has 2 spiro atoms. The van der Waals surface area contributed by atoms with Crippen molar-refractivity contribution in [1.82, 2.24) is 0 Å². The molecule has 0 aliphatic heterocycles. The van der Waals surface area contributed by atoms with E-state index in [0.717, 1.165) is 5.57 Å². The molecule has 28 aromatic carbocycles. The molecular formula is C67H10O2. The van der Waals surface area contributed by atoms with E-state index in [-0.39, 0.29) is 11.9 Å². The van der Waals surface area contributed by atoms with Crippen LogP contribution in [0.4, 0.5) is 0 Å². The van der Waals surface area contributed by atoms with Gasteiger partial charge < -0.3 is 4.74 Å². The molecule has 28 aromatic rings. The average Bonchev–Trinajstić information content (AvgIpc) is 4.26. The molecule has 33 rings (SSSR count). The first-order chi connectivity index (χ1) is 34.2. The van der Waals surface area contributed by atoms with Crippen molar-refractivity contribution in [3.8, 4) is 0 Å². The minimum absolute atomic E-state index is 0.0765. The van der Waals surface area contributed by atoms with Crippen LogP contribution in [0, 0.1) is 5.92 Å². The van der Waals surface area contributed by atoms with Gasteiger partial charge in [-0.25, -0.2) is 4.79 Å². The van der Waals surface area contributed by atoms with Gasteiger partial charge in [0.2, 0.25) is 0 Å². The second kappa shape index (κ2) is 5.71. The quantitative estimate of drug-likeness (QED) is 0.128. The summed E-state index contributed by atoms with van der Waals surface area (Å²) in [4.78, 5) is 15.8. The van der Waals surface area contributed by atoms with E-state index in [0.29, 0.717) is 6.61 Å². The Hall–Kier alpha value is -8.33. The van der Waals surface area contributed by atoms with Gasteiger partial charge in [-0.3, -0.25) is 0 Å². The van der Waals surface area contributed by atoms with Crippen molar-refractivity contribution >= 4 is 297 Å². The number of benzene rings is 17. The number of hydrogen-bond donors (Lipinski definition) is 0. The molecule has 0 aromatic heterocycles. The minimum Gasteiger partial charge on any atom is -0.463 e. The highest BCUT2D eigenvalue weighted by Crippen LogP contribution is 2.87. The lowest BCUT2D eigenvalue weighted by molar-refractivity contribution is -0.139. The van der Waals surface area contributed by atoms with E-state index >= 15 is 4.79 Å². The summed E-state index contributed by atoms with van der Waals surface area (Å²) in [6.45, 7) is 4.96. The Balaban J connectivity index is 1.22. The Bertz CT molecular complexity index is 7380. The summed E-state index contributed by atoms with van der Waals surface area (Å²) in [5.74, 6) is -0.00798. The van der Waals surface area contributed by atoms with E-state index in [9.17, 15) is 0 Å². The summed E-state index contributed by atoms with van der Waals surface area (Å²) >= 11 is 0. The number of ether oxygens (including phenoxy) is 1. The van der Waals surface area contributed by atoms with Crippen molar-refractivity contribution in [2.24, 2.45) is 5.92 Å². The third kappa shape index (κ3) is 1.32. The average molecular weight is 847 g/mol. The zero-order valence-electron chi connectivity index (χ0n) is 35.7. The first kappa shape index (κ1) is 25.7. The number of carbonyl (C=O) groups excluding carboxylic acids is 1. The maximum absolute atomic E-state index is 15.8. The molecule has 0 saturated carbocycles. The molecule has 0 bridgehead atoms. The lowest BCUT2D eigenvalue weighted by atomic mass is 9.48. The lowest BCUT2D eigenvalue weighted by Crippen LogP contribution is -2.52. The van der Waals surface area contributed by atoms with Crippen LogP contribution in [-0.2, 0) is 20.4 Å². The van der Waals surface area contributed by atoms with Crippen LogP contribution >= 0.6 is 0 Å². The fraction of sp³-hybridized carbons (Fsp3) is 0.0896. The molecular weight excluding hydrogens is 837 g/mol. The van der Waals surface area contributed by atoms with E-state index in [1.54, 1.807) is 286 Å². The largest absolute Gasteiger partial charge is 0.463 e. The molecule has 5 aliphatic carbocycles. The number of esters is 1. The van der Waals surface area contributed by atoms with E-state index < -0.39 is 10.8 Å². The highest BCUT2D eigenvalue weighted by Gasteiger charge is 2.75. The molecule has 2 heteroatoms. The van der Waals surface area contributed by atoms with Crippen molar-refractivity contribution in [3.63, 3.8) is 0 Å². The normalized spacial score (nSPS) is 23.7. The molecule has 0 fully saturated rings. The zero-order chi connectivity index (χ0) is 41.3. The van der Waals surface area contributed by atoms with Gasteiger partial charge in [0.25, 0.3) is 0 Å². The molecule has 2 unspecified atom stereocenters. The molecule has 0 N–H and O–H groups in total. The molecule has 0 heterocycles. The van der Waals surface area contributed by atoms with Crippen molar-refractivity contribution in [2.45, 2.75) is 24.7 Å². The van der Waals surface area contributed by atoms with Gasteiger partial charge >= 0.3 is 5.97 Å². The van der Waals surface area contributed by atoms with Crippen LogP contribution < -0.4 is 0 Å². The fourth-order valence-corrected chi connectivity index (χ4v) is 25.5. The Morgan fingerprint density at radius 1 is 0.319 bits per heavy atom. The Labute approximate surface area is 375 Å². The standard InChI is InChI=1S/C67H10O2/c1-3-69-65(68)6-4-5(2)66-61-54-47-35-27-18-9-7-8-10-13(9)22-29(27)37-38-30(22)28-19(10)21-17-12(8)15-14-11(7)16-20(18)33(35)41-39-25(16)23(14)31-32-24(15)26(17)40-42-34(21)36(28)48-50(38)59(58(61)49(37)47)62-55(48)53(42)57-46(40)44(32)51-43(31)45(39)56(52(41)54)63(66)60(51)64(57)67(6,62)66/h4-5H,3H2,1-2H3/t5-,66?,67?/m0/s1. The van der Waals surface area contributed by atoms with E-state index in [4.69, 9.17) is 4.74 Å². The first-order valence-electron chi connectivity index (χ1n) is 25.9. The second-order valence-electron chi connectivity index (χ2n) is 25.4. The summed E-state index contributed by atoms with van der Waals surface area (Å²) in [7, 11) is 0. The predicted octanol–water partition coefficient (Wildman–Crippen LogP) is 17.4. The molecule has 2 nitrogen and oxygen atoms in total. The molecule has 290 valence electrons. The van der Waals surface area contributed by atoms with Crippen LogP contribution in [0.15, 0.2) is 11.6 Å². The maximum atomic E-state index is 15.8. The summed E-state index contributed by atoms with van der Waals surface area (Å²) in [5.41, 5.74) is 6.01. The molecule has 0 amide bonds. The molecule has 3 atom stereocenters. The van der Waals surface area contributed by atoms with Crippen LogP contribution in [0.25, 0.3) is 291 Å². The smallest absolute Gasteiger partial charge is 0.334 e. The molecule has 0 saturated heterocycles. The predicted molar refractivity (Wildman–Crippen MR) is 288 cm³/mol. The summed E-state index contributed by atoms with van der Waals surface area (Å²) < 4.78 is 6.51. The monoisotopic (exact) mass is 846 g/mol. The highest BCUT2D eigenvalue weighted by atomic mass is 16.5. The minimum atomic E-state index is -0.704. The zero-order valence-corrected chi connectivity index (χ0v) is 35.7. The van der Waals surface area contributed by atoms with Gasteiger partial charge in [-0.15, -0.1) is 0 Å². The van der Waals surface area contributed by atoms with Crippen LogP contribution in [0.1, 0.15) is 36.1 Å². The maximum Gasteiger partial charge on any atom is 0.334 e. The van der Waals surface area contributed by atoms with Crippen LogP contribution in [0.2, 0.25) is 0 Å². The SMILES string of the molecule is CCOC(=O)C1=C[C@H](C)C23c4c5c6c7c8c9c(c%10c%11c2c2c%12c4c4c%13c5c5c7c7c8c8c%14c9c%10c9c%10c%11c2c2c%11c%12c4c4c%12c%13c5c5c7c7c8c8c%14c9c9c%10c2c2c%11c4c4c%12c5c7c5c8c9c2c45)C163. The summed E-state index contributed by atoms with van der Waals surface area (Å²) in [5, 5.41) is 86.0. The summed E-state index contributed by atoms with van der Waals surface area (Å²) in [6.07, 6.45) is 2.51. The van der Waals surface area contributed by atoms with E-state index in [1.165, 1.54) is 27.3 Å².